The molecule has 31 heavy (non-hydrogen) atoms. The molecule has 3 aromatic rings. The van der Waals surface area contributed by atoms with Gasteiger partial charge in [-0.2, -0.15) is 0 Å². The van der Waals surface area contributed by atoms with Crippen molar-refractivity contribution in [2.75, 3.05) is 6.26 Å². The van der Waals surface area contributed by atoms with E-state index in [-0.39, 0.29) is 22.4 Å². The van der Waals surface area contributed by atoms with Crippen LogP contribution >= 0.6 is 0 Å². The van der Waals surface area contributed by atoms with E-state index in [0.29, 0.717) is 6.07 Å². The van der Waals surface area contributed by atoms with E-state index in [1.165, 1.54) is 19.1 Å². The lowest BCUT2D eigenvalue weighted by molar-refractivity contribution is -0.274. The molecule has 0 radical (unpaired) electrons. The first-order valence-corrected chi connectivity index (χ1v) is 10.3. The quantitative estimate of drug-likeness (QED) is 0.453. The van der Waals surface area contributed by atoms with Gasteiger partial charge in [0.25, 0.3) is 6.43 Å². The predicted molar refractivity (Wildman–Crippen MR) is 96.8 cm³/mol. The molecule has 0 saturated heterocycles. The molecule has 0 atom stereocenters. The molecule has 0 amide bonds. The second-order valence-electron chi connectivity index (χ2n) is 6.52. The first-order valence-electron chi connectivity index (χ1n) is 8.42. The molecule has 1 heterocycles. The Kier molecular flexibility index (Phi) is 5.78. The number of nitrogens with zero attached hydrogens (tertiary/aromatic N) is 1. The number of benzene rings is 2. The molecule has 1 aromatic heterocycles. The first kappa shape index (κ1) is 22.7. The van der Waals surface area contributed by atoms with Crippen molar-refractivity contribution in [2.45, 2.75) is 24.6 Å². The van der Waals surface area contributed by atoms with Crippen molar-refractivity contribution in [3.8, 4) is 28.1 Å². The highest BCUT2D eigenvalue weighted by Gasteiger charge is 2.32. The molecular formula is C19H13F6NO4S. The topological polar surface area (TPSA) is 69.4 Å². The van der Waals surface area contributed by atoms with E-state index in [4.69, 9.17) is 0 Å². The zero-order chi connectivity index (χ0) is 23.1. The lowest BCUT2D eigenvalue weighted by Gasteiger charge is -2.13. The Bertz CT molecular complexity index is 1230. The number of halogens is 6. The molecular weight excluding hydrogens is 452 g/mol. The largest absolute Gasteiger partial charge is 0.573 e. The highest BCUT2D eigenvalue weighted by atomic mass is 32.2. The summed E-state index contributed by atoms with van der Waals surface area (Å²) in [5.41, 5.74) is -0.841. The van der Waals surface area contributed by atoms with Crippen LogP contribution in [0.4, 0.5) is 26.3 Å². The van der Waals surface area contributed by atoms with Crippen molar-refractivity contribution in [1.29, 1.82) is 0 Å². The summed E-state index contributed by atoms with van der Waals surface area (Å²) in [6.07, 6.45) is -7.41. The molecule has 0 aliphatic heterocycles. The molecule has 12 heteroatoms. The fraction of sp³-hybridized carbons (Fsp3) is 0.211. The lowest BCUT2D eigenvalue weighted by Crippen LogP contribution is -2.17. The summed E-state index contributed by atoms with van der Waals surface area (Å²) < 4.78 is 111. The fourth-order valence-corrected chi connectivity index (χ4v) is 3.60. The van der Waals surface area contributed by atoms with E-state index >= 15 is 0 Å². The summed E-state index contributed by atoms with van der Waals surface area (Å²) in [5.74, 6) is -2.74. The van der Waals surface area contributed by atoms with E-state index in [0.717, 1.165) is 24.5 Å². The van der Waals surface area contributed by atoms with Crippen LogP contribution < -0.4 is 4.74 Å². The third-order valence-electron chi connectivity index (χ3n) is 4.22. The third-order valence-corrected chi connectivity index (χ3v) is 5.35. The molecule has 0 spiro atoms. The number of sulfone groups is 1. The maximum absolute atomic E-state index is 14.3. The smallest absolute Gasteiger partial charge is 0.405 e. The molecule has 166 valence electrons. The molecule has 0 fully saturated rings. The van der Waals surface area contributed by atoms with Gasteiger partial charge < -0.3 is 9.26 Å². The van der Waals surface area contributed by atoms with Gasteiger partial charge in [-0.1, -0.05) is 23.4 Å². The van der Waals surface area contributed by atoms with Crippen LogP contribution in [-0.4, -0.2) is 26.2 Å². The zero-order valence-electron chi connectivity index (χ0n) is 15.8. The second kappa shape index (κ2) is 7.91. The van der Waals surface area contributed by atoms with Gasteiger partial charge in [-0.15, -0.1) is 13.2 Å². The van der Waals surface area contributed by atoms with Crippen molar-refractivity contribution < 1.29 is 44.0 Å². The van der Waals surface area contributed by atoms with Crippen molar-refractivity contribution in [3.63, 3.8) is 0 Å². The molecule has 0 aliphatic carbocycles. The minimum Gasteiger partial charge on any atom is -0.405 e. The molecule has 5 nitrogen and oxygen atoms in total. The summed E-state index contributed by atoms with van der Waals surface area (Å²) in [4.78, 5) is -0.649. The average Bonchev–Trinajstić information content (AvgIpc) is 3.06. The van der Waals surface area contributed by atoms with Gasteiger partial charge in [-0.25, -0.2) is 21.6 Å². The zero-order valence-corrected chi connectivity index (χ0v) is 16.6. The van der Waals surface area contributed by atoms with Crippen LogP contribution in [0.15, 0.2) is 45.8 Å². The number of aromatic nitrogens is 1. The van der Waals surface area contributed by atoms with Crippen LogP contribution in [0.5, 0.6) is 5.75 Å². The Labute approximate surface area is 172 Å². The highest BCUT2D eigenvalue weighted by Crippen LogP contribution is 2.41. The minimum atomic E-state index is -4.99. The monoisotopic (exact) mass is 465 g/mol. The molecule has 0 N–H and O–H groups in total. The first-order chi connectivity index (χ1) is 14.3. The normalized spacial score (nSPS) is 12.4. The minimum absolute atomic E-state index is 0.0666. The van der Waals surface area contributed by atoms with E-state index < -0.39 is 50.4 Å². The number of ether oxygens (including phenoxy) is 1. The molecule has 0 unspecified atom stereocenters. The second-order valence-corrected chi connectivity index (χ2v) is 8.50. The van der Waals surface area contributed by atoms with Gasteiger partial charge in [0.15, 0.2) is 9.84 Å². The number of hydrogen-bond donors (Lipinski definition) is 0. The number of aryl methyl sites for hydroxylation is 1. The van der Waals surface area contributed by atoms with E-state index in [1.54, 1.807) is 0 Å². The molecule has 2 aromatic carbocycles. The Morgan fingerprint density at radius 1 is 1.06 bits per heavy atom. The summed E-state index contributed by atoms with van der Waals surface area (Å²) in [5, 5.41) is 3.52. The van der Waals surface area contributed by atoms with Crippen molar-refractivity contribution in [3.05, 3.63) is 53.5 Å². The standard InChI is InChI=1S/C19H13F6NO4S/c1-9-3-4-11(8-13(9)29-19(23,24)25)16-15(17(18(21)22)30-26-16)10-5-6-14(12(20)7-10)31(2,27)28/h3-8,18H,1-2H3. The van der Waals surface area contributed by atoms with Crippen molar-refractivity contribution in [1.82, 2.24) is 5.16 Å². The van der Waals surface area contributed by atoms with Gasteiger partial charge in [-0.05, 0) is 36.2 Å². The summed E-state index contributed by atoms with van der Waals surface area (Å²) in [6, 6.07) is 6.16. The number of rotatable bonds is 5. The predicted octanol–water partition coefficient (Wildman–Crippen LogP) is 5.70. The van der Waals surface area contributed by atoms with E-state index in [1.807, 2.05) is 0 Å². The van der Waals surface area contributed by atoms with Gasteiger partial charge in [-0.3, -0.25) is 0 Å². The lowest BCUT2D eigenvalue weighted by atomic mass is 9.98. The maximum Gasteiger partial charge on any atom is 0.573 e. The Balaban J connectivity index is 2.20. The molecule has 3 rings (SSSR count). The van der Waals surface area contributed by atoms with Gasteiger partial charge in [0.2, 0.25) is 5.76 Å². The van der Waals surface area contributed by atoms with Crippen LogP contribution in [0.1, 0.15) is 17.7 Å². The Morgan fingerprint density at radius 3 is 2.26 bits per heavy atom. The summed E-state index contributed by atoms with van der Waals surface area (Å²) >= 11 is 0. The van der Waals surface area contributed by atoms with Crippen molar-refractivity contribution >= 4 is 9.84 Å². The van der Waals surface area contributed by atoms with Crippen LogP contribution in [0, 0.1) is 12.7 Å². The van der Waals surface area contributed by atoms with E-state index in [9.17, 15) is 34.8 Å². The third kappa shape index (κ3) is 4.84. The van der Waals surface area contributed by atoms with Crippen LogP contribution in [0.2, 0.25) is 0 Å². The van der Waals surface area contributed by atoms with Gasteiger partial charge in [0.1, 0.15) is 22.2 Å². The highest BCUT2D eigenvalue weighted by molar-refractivity contribution is 7.90. The molecule has 0 aliphatic rings. The fourth-order valence-electron chi connectivity index (χ4n) is 2.87. The SMILES string of the molecule is Cc1ccc(-c2noc(C(F)F)c2-c2ccc(S(C)(=O)=O)c(F)c2)cc1OC(F)(F)F. The van der Waals surface area contributed by atoms with Gasteiger partial charge in [0.05, 0.1) is 5.56 Å². The maximum atomic E-state index is 14.3. The number of alkyl halides is 5. The number of hydrogen-bond acceptors (Lipinski definition) is 5. The van der Waals surface area contributed by atoms with Crippen LogP contribution in [0.25, 0.3) is 22.4 Å². The summed E-state index contributed by atoms with van der Waals surface area (Å²) in [7, 11) is -3.92. The Morgan fingerprint density at radius 2 is 1.71 bits per heavy atom. The summed E-state index contributed by atoms with van der Waals surface area (Å²) in [6.45, 7) is 1.35. The average molecular weight is 465 g/mol. The van der Waals surface area contributed by atoms with Gasteiger partial charge >= 0.3 is 6.36 Å². The van der Waals surface area contributed by atoms with Crippen LogP contribution in [0.3, 0.4) is 0 Å². The Hall–Kier alpha value is -3.02. The van der Waals surface area contributed by atoms with Gasteiger partial charge in [0, 0.05) is 11.8 Å². The molecule has 0 saturated carbocycles. The van der Waals surface area contributed by atoms with Crippen molar-refractivity contribution in [2.24, 2.45) is 0 Å². The van der Waals surface area contributed by atoms with Crippen LogP contribution in [-0.2, 0) is 9.84 Å². The molecule has 0 bridgehead atoms. The van der Waals surface area contributed by atoms with E-state index in [2.05, 4.69) is 14.4 Å².